The number of nitrogens with zero attached hydrogens (tertiary/aromatic N) is 3. The van der Waals surface area contributed by atoms with E-state index in [1.165, 1.54) is 4.31 Å². The first-order chi connectivity index (χ1) is 13.9. The minimum absolute atomic E-state index is 0.298. The molecule has 1 aromatic rings. The first-order valence-electron chi connectivity index (χ1n) is 10.0. The number of hydrogen-bond donors (Lipinski definition) is 2. The number of carbonyl (C=O) groups excluding carboxylic acids is 2. The van der Waals surface area contributed by atoms with Crippen molar-refractivity contribution in [3.05, 3.63) is 35.9 Å². The van der Waals surface area contributed by atoms with E-state index in [1.54, 1.807) is 4.31 Å². The lowest BCUT2D eigenvalue weighted by molar-refractivity contribution is -0.126. The average Bonchev–Trinajstić information content (AvgIpc) is 2.99. The lowest BCUT2D eigenvalue weighted by Crippen LogP contribution is -2.55. The number of nitrogens with one attached hydrogen (secondary N) is 1. The van der Waals surface area contributed by atoms with Crippen molar-refractivity contribution >= 4 is 22.1 Å². The van der Waals surface area contributed by atoms with Gasteiger partial charge in [-0.2, -0.15) is 17.0 Å². The molecule has 10 heteroatoms. The molecule has 0 radical (unpaired) electrons. The van der Waals surface area contributed by atoms with Crippen LogP contribution in [0.4, 0.5) is 4.79 Å². The van der Waals surface area contributed by atoms with Crippen molar-refractivity contribution in [2.45, 2.75) is 31.7 Å². The number of benzene rings is 1. The molecule has 1 unspecified atom stereocenters. The van der Waals surface area contributed by atoms with E-state index in [1.807, 2.05) is 35.2 Å². The molecular formula is C19H29N5O4S. The molecule has 2 saturated heterocycles. The number of urea groups is 1. The summed E-state index contributed by atoms with van der Waals surface area (Å²) in [5.74, 6) is -0.507. The van der Waals surface area contributed by atoms with Crippen LogP contribution < -0.4 is 11.1 Å². The Balaban J connectivity index is 1.71. The molecule has 3 amide bonds. The third kappa shape index (κ3) is 5.33. The first-order valence-corrected chi connectivity index (χ1v) is 11.4. The largest absolute Gasteiger partial charge is 0.351 e. The first kappa shape index (κ1) is 21.7. The van der Waals surface area contributed by atoms with E-state index in [0.29, 0.717) is 39.3 Å². The fraction of sp³-hybridized carbons (Fsp3) is 0.579. The van der Waals surface area contributed by atoms with Crippen LogP contribution in [0.2, 0.25) is 0 Å². The molecule has 2 heterocycles. The Labute approximate surface area is 172 Å². The zero-order valence-electron chi connectivity index (χ0n) is 16.5. The third-order valence-electron chi connectivity index (χ3n) is 5.47. The molecule has 3 N–H and O–H groups in total. The van der Waals surface area contributed by atoms with Crippen LogP contribution in [-0.2, 0) is 15.0 Å². The molecule has 2 aliphatic rings. The molecular weight excluding hydrogens is 394 g/mol. The van der Waals surface area contributed by atoms with E-state index in [-0.39, 0.29) is 0 Å². The SMILES string of the molecule is NC(=O)NC(=O)C(c1ccccc1)N1CCN(S(=O)(=O)N2CCCCCC2)CC1. The van der Waals surface area contributed by atoms with Gasteiger partial charge in [-0.15, -0.1) is 0 Å². The summed E-state index contributed by atoms with van der Waals surface area (Å²) < 4.78 is 29.1. The predicted octanol–water partition coefficient (Wildman–Crippen LogP) is 0.661. The van der Waals surface area contributed by atoms with Gasteiger partial charge in [-0.05, 0) is 18.4 Å². The summed E-state index contributed by atoms with van der Waals surface area (Å²) >= 11 is 0. The number of rotatable bonds is 5. The van der Waals surface area contributed by atoms with Gasteiger partial charge in [-0.25, -0.2) is 4.79 Å². The molecule has 0 aliphatic carbocycles. The zero-order valence-corrected chi connectivity index (χ0v) is 17.3. The minimum Gasteiger partial charge on any atom is -0.351 e. The van der Waals surface area contributed by atoms with Crippen molar-refractivity contribution in [2.24, 2.45) is 5.73 Å². The van der Waals surface area contributed by atoms with Gasteiger partial charge in [0.2, 0.25) is 5.91 Å². The van der Waals surface area contributed by atoms with Crippen LogP contribution >= 0.6 is 0 Å². The monoisotopic (exact) mass is 423 g/mol. The minimum atomic E-state index is -3.50. The fourth-order valence-electron chi connectivity index (χ4n) is 3.98. The number of piperazine rings is 1. The van der Waals surface area contributed by atoms with E-state index in [9.17, 15) is 18.0 Å². The lowest BCUT2D eigenvalue weighted by atomic mass is 10.0. The molecule has 0 bridgehead atoms. The topological polar surface area (TPSA) is 116 Å². The van der Waals surface area contributed by atoms with Crippen LogP contribution in [0.1, 0.15) is 37.3 Å². The maximum absolute atomic E-state index is 13.0. The molecule has 0 aromatic heterocycles. The van der Waals surface area contributed by atoms with Crippen LogP contribution in [0.3, 0.4) is 0 Å². The van der Waals surface area contributed by atoms with E-state index >= 15 is 0 Å². The van der Waals surface area contributed by atoms with E-state index in [4.69, 9.17) is 5.73 Å². The maximum atomic E-state index is 13.0. The summed E-state index contributed by atoms with van der Waals surface area (Å²) in [5, 5.41) is 2.16. The molecule has 3 rings (SSSR count). The quantitative estimate of drug-likeness (QED) is 0.722. The second kappa shape index (κ2) is 9.66. The van der Waals surface area contributed by atoms with Gasteiger partial charge >= 0.3 is 6.03 Å². The Morgan fingerprint density at radius 3 is 1.97 bits per heavy atom. The standard InChI is InChI=1S/C19H29N5O4S/c20-19(26)21-18(25)17(16-8-4-3-5-9-16)22-12-14-24(15-13-22)29(27,28)23-10-6-1-2-7-11-23/h3-5,8-9,17H,1-2,6-7,10-15H2,(H3,20,21,25,26). The highest BCUT2D eigenvalue weighted by atomic mass is 32.2. The molecule has 0 spiro atoms. The van der Waals surface area contributed by atoms with Crippen molar-refractivity contribution in [1.82, 2.24) is 18.8 Å². The number of carbonyl (C=O) groups is 2. The van der Waals surface area contributed by atoms with Crippen LogP contribution in [0.25, 0.3) is 0 Å². The molecule has 2 aliphatic heterocycles. The summed E-state index contributed by atoms with van der Waals surface area (Å²) in [4.78, 5) is 25.7. The second-order valence-electron chi connectivity index (χ2n) is 7.42. The normalized spacial score (nSPS) is 21.2. The van der Waals surface area contributed by atoms with Crippen LogP contribution in [-0.4, -0.2) is 73.1 Å². The van der Waals surface area contributed by atoms with Gasteiger partial charge < -0.3 is 5.73 Å². The van der Waals surface area contributed by atoms with Crippen molar-refractivity contribution in [1.29, 1.82) is 0 Å². The Kier molecular flexibility index (Phi) is 7.23. The average molecular weight is 424 g/mol. The van der Waals surface area contributed by atoms with Gasteiger partial charge in [-0.1, -0.05) is 43.2 Å². The van der Waals surface area contributed by atoms with Crippen LogP contribution in [0.5, 0.6) is 0 Å². The van der Waals surface area contributed by atoms with Gasteiger partial charge in [0.1, 0.15) is 6.04 Å². The summed E-state index contributed by atoms with van der Waals surface area (Å²) in [6.07, 6.45) is 3.91. The van der Waals surface area contributed by atoms with E-state index in [2.05, 4.69) is 5.32 Å². The number of imide groups is 1. The third-order valence-corrected chi connectivity index (χ3v) is 7.50. The van der Waals surface area contributed by atoms with Gasteiger partial charge in [0.25, 0.3) is 10.2 Å². The smallest absolute Gasteiger partial charge is 0.318 e. The molecule has 160 valence electrons. The van der Waals surface area contributed by atoms with Crippen LogP contribution in [0, 0.1) is 0 Å². The van der Waals surface area contributed by atoms with Crippen molar-refractivity contribution in [2.75, 3.05) is 39.3 Å². The summed E-state index contributed by atoms with van der Waals surface area (Å²) in [6, 6.07) is 7.50. The summed E-state index contributed by atoms with van der Waals surface area (Å²) in [6.45, 7) is 2.50. The van der Waals surface area contributed by atoms with Crippen molar-refractivity contribution in [3.63, 3.8) is 0 Å². The molecule has 1 atom stereocenters. The van der Waals surface area contributed by atoms with Gasteiger partial charge in [0.15, 0.2) is 0 Å². The summed E-state index contributed by atoms with van der Waals surface area (Å²) in [7, 11) is -3.50. The Hall–Kier alpha value is -2.01. The summed E-state index contributed by atoms with van der Waals surface area (Å²) in [5.41, 5.74) is 5.86. The molecule has 29 heavy (non-hydrogen) atoms. The van der Waals surface area contributed by atoms with E-state index in [0.717, 1.165) is 31.2 Å². The molecule has 9 nitrogen and oxygen atoms in total. The van der Waals surface area contributed by atoms with Crippen molar-refractivity contribution in [3.8, 4) is 0 Å². The number of primary amides is 1. The number of hydrogen-bond acceptors (Lipinski definition) is 5. The zero-order chi connectivity index (χ0) is 20.9. The Morgan fingerprint density at radius 2 is 1.41 bits per heavy atom. The van der Waals surface area contributed by atoms with Gasteiger partial charge in [0.05, 0.1) is 0 Å². The van der Waals surface area contributed by atoms with Gasteiger partial charge in [-0.3, -0.25) is 15.0 Å². The highest BCUT2D eigenvalue weighted by Crippen LogP contribution is 2.24. The van der Waals surface area contributed by atoms with Crippen LogP contribution in [0.15, 0.2) is 30.3 Å². The van der Waals surface area contributed by atoms with E-state index < -0.39 is 28.2 Å². The number of nitrogens with two attached hydrogens (primary N) is 1. The predicted molar refractivity (Wildman–Crippen MR) is 109 cm³/mol. The molecule has 0 saturated carbocycles. The fourth-order valence-corrected chi connectivity index (χ4v) is 5.65. The maximum Gasteiger partial charge on any atom is 0.318 e. The van der Waals surface area contributed by atoms with Gasteiger partial charge in [0, 0.05) is 39.3 Å². The Morgan fingerprint density at radius 1 is 0.862 bits per heavy atom. The highest BCUT2D eigenvalue weighted by Gasteiger charge is 2.36. The molecule has 1 aromatic carbocycles. The molecule has 2 fully saturated rings. The lowest BCUT2D eigenvalue weighted by Gasteiger charge is -2.39. The highest BCUT2D eigenvalue weighted by molar-refractivity contribution is 7.86. The van der Waals surface area contributed by atoms with Crippen molar-refractivity contribution < 1.29 is 18.0 Å². The Bertz CT molecular complexity index is 801. The second-order valence-corrected chi connectivity index (χ2v) is 9.35. The number of amides is 3.